The number of esters is 1. The van der Waals surface area contributed by atoms with Crippen molar-refractivity contribution in [1.29, 1.82) is 0 Å². The van der Waals surface area contributed by atoms with Gasteiger partial charge in [-0.2, -0.15) is 0 Å². The zero-order valence-electron chi connectivity index (χ0n) is 19.5. The minimum Gasteiger partial charge on any atom is -0.480 e. The Labute approximate surface area is 184 Å². The van der Waals surface area contributed by atoms with Crippen molar-refractivity contribution in [2.24, 2.45) is 0 Å². The quantitative estimate of drug-likeness (QED) is 0.289. The van der Waals surface area contributed by atoms with Crippen LogP contribution in [0.15, 0.2) is 0 Å². The summed E-state index contributed by atoms with van der Waals surface area (Å²) in [4.78, 5) is 46.3. The molecule has 2 amide bonds. The van der Waals surface area contributed by atoms with Crippen LogP contribution in [0.2, 0.25) is 0 Å². The lowest BCUT2D eigenvalue weighted by molar-refractivity contribution is -0.156. The Morgan fingerprint density at radius 1 is 0.871 bits per heavy atom. The molecule has 0 unspecified atom stereocenters. The maximum atomic E-state index is 11.8. The molecule has 10 nitrogen and oxygen atoms in total. The van der Waals surface area contributed by atoms with Gasteiger partial charge >= 0.3 is 18.0 Å². The van der Waals surface area contributed by atoms with Crippen LogP contribution in [0.5, 0.6) is 0 Å². The van der Waals surface area contributed by atoms with Gasteiger partial charge in [-0.1, -0.05) is 0 Å². The molecular formula is C21H38N2O8. The fourth-order valence-corrected chi connectivity index (χ4v) is 2.31. The number of rotatable bonds is 13. The Bertz CT molecular complexity index is 593. The number of alkyl carbamates (subject to hydrolysis) is 1. The van der Waals surface area contributed by atoms with Crippen molar-refractivity contribution in [1.82, 2.24) is 10.6 Å². The van der Waals surface area contributed by atoms with E-state index >= 15 is 0 Å². The monoisotopic (exact) mass is 446 g/mol. The molecule has 0 saturated heterocycles. The maximum absolute atomic E-state index is 11.8. The Balaban J connectivity index is 3.88. The molecule has 180 valence electrons. The van der Waals surface area contributed by atoms with E-state index in [-0.39, 0.29) is 44.4 Å². The lowest BCUT2D eigenvalue weighted by atomic mass is 10.1. The molecule has 0 fully saturated rings. The summed E-state index contributed by atoms with van der Waals surface area (Å²) >= 11 is 0. The van der Waals surface area contributed by atoms with Crippen molar-refractivity contribution in [2.75, 3.05) is 19.8 Å². The molecule has 0 rings (SSSR count). The molecule has 31 heavy (non-hydrogen) atoms. The van der Waals surface area contributed by atoms with E-state index in [1.165, 1.54) is 0 Å². The molecular weight excluding hydrogens is 408 g/mol. The topological polar surface area (TPSA) is 140 Å². The molecule has 0 spiro atoms. The van der Waals surface area contributed by atoms with Crippen LogP contribution in [0.4, 0.5) is 4.79 Å². The smallest absolute Gasteiger partial charge is 0.408 e. The molecule has 0 aliphatic heterocycles. The second-order valence-electron chi connectivity index (χ2n) is 9.08. The fourth-order valence-electron chi connectivity index (χ4n) is 2.31. The number of carbonyl (C=O) groups excluding carboxylic acids is 3. The number of hydrogen-bond acceptors (Lipinski definition) is 7. The van der Waals surface area contributed by atoms with Crippen LogP contribution >= 0.6 is 0 Å². The normalized spacial score (nSPS) is 12.6. The van der Waals surface area contributed by atoms with E-state index in [0.717, 1.165) is 0 Å². The summed E-state index contributed by atoms with van der Waals surface area (Å²) < 4.78 is 15.5. The number of aliphatic carboxylic acids is 1. The molecule has 3 N–H and O–H groups in total. The lowest BCUT2D eigenvalue weighted by Crippen LogP contribution is -2.43. The summed E-state index contributed by atoms with van der Waals surface area (Å²) in [5.41, 5.74) is -1.25. The van der Waals surface area contributed by atoms with E-state index in [0.29, 0.717) is 19.4 Å². The fraction of sp³-hybridized carbons (Fsp3) is 0.810. The predicted molar refractivity (Wildman–Crippen MR) is 114 cm³/mol. The minimum atomic E-state index is -1.14. The Hall–Kier alpha value is -2.36. The highest BCUT2D eigenvalue weighted by Crippen LogP contribution is 2.09. The molecule has 0 aromatic rings. The van der Waals surface area contributed by atoms with Crippen LogP contribution in [0.1, 0.15) is 73.6 Å². The Kier molecular flexibility index (Phi) is 12.8. The van der Waals surface area contributed by atoms with E-state index in [1.54, 1.807) is 41.5 Å². The molecule has 0 bridgehead atoms. The van der Waals surface area contributed by atoms with Gasteiger partial charge in [-0.05, 0) is 60.8 Å². The molecule has 0 aliphatic rings. The highest BCUT2D eigenvalue weighted by atomic mass is 16.6. The molecule has 0 aromatic carbocycles. The van der Waals surface area contributed by atoms with Gasteiger partial charge in [0.15, 0.2) is 0 Å². The minimum absolute atomic E-state index is 0.126. The largest absolute Gasteiger partial charge is 0.480 e. The van der Waals surface area contributed by atoms with Crippen molar-refractivity contribution in [3.63, 3.8) is 0 Å². The van der Waals surface area contributed by atoms with Gasteiger partial charge in [0.2, 0.25) is 5.91 Å². The van der Waals surface area contributed by atoms with Gasteiger partial charge in [-0.3, -0.25) is 9.59 Å². The zero-order chi connectivity index (χ0) is 24.1. The molecule has 0 saturated carbocycles. The molecule has 0 aliphatic carbocycles. The van der Waals surface area contributed by atoms with Gasteiger partial charge in [0.05, 0.1) is 19.6 Å². The zero-order valence-corrected chi connectivity index (χ0v) is 19.5. The first-order valence-electron chi connectivity index (χ1n) is 10.5. The number of hydrogen-bond donors (Lipinski definition) is 3. The lowest BCUT2D eigenvalue weighted by Gasteiger charge is -2.22. The van der Waals surface area contributed by atoms with Crippen molar-refractivity contribution < 1.29 is 38.5 Å². The first-order valence-corrected chi connectivity index (χ1v) is 10.5. The standard InChI is InChI=1S/C21H38N2O8/c1-20(2,3)30-17(25)11-14-29-13-10-16(24)22-12-8-7-9-15(18(26)27)23-19(28)31-21(4,5)6/h15H,7-14H2,1-6H3,(H,22,24)(H,23,28)(H,26,27)/t15-/m0/s1. The third-order valence-electron chi connectivity index (χ3n) is 3.57. The third kappa shape index (κ3) is 18.2. The van der Waals surface area contributed by atoms with Crippen LogP contribution in [0.3, 0.4) is 0 Å². The number of amides is 2. The van der Waals surface area contributed by atoms with Gasteiger partial charge in [0.1, 0.15) is 17.2 Å². The van der Waals surface area contributed by atoms with Crippen molar-refractivity contribution in [2.45, 2.75) is 90.9 Å². The summed E-state index contributed by atoms with van der Waals surface area (Å²) in [6.07, 6.45) is 0.787. The molecule has 1 atom stereocenters. The predicted octanol–water partition coefficient (Wildman–Crippen LogP) is 2.39. The molecule has 0 aromatic heterocycles. The summed E-state index contributed by atoms with van der Waals surface area (Å²) in [5, 5.41) is 14.3. The Morgan fingerprint density at radius 3 is 2.00 bits per heavy atom. The number of carboxylic acids is 1. The number of carboxylic acid groups (broad SMARTS) is 1. The summed E-state index contributed by atoms with van der Waals surface area (Å²) in [6, 6.07) is -1.05. The van der Waals surface area contributed by atoms with E-state index in [1.807, 2.05) is 0 Å². The van der Waals surface area contributed by atoms with E-state index in [9.17, 15) is 24.3 Å². The van der Waals surface area contributed by atoms with Gasteiger partial charge < -0.3 is 30.0 Å². The van der Waals surface area contributed by atoms with Gasteiger partial charge in [-0.25, -0.2) is 9.59 Å². The molecule has 10 heteroatoms. The average Bonchev–Trinajstić information content (AvgIpc) is 2.56. The van der Waals surface area contributed by atoms with Crippen molar-refractivity contribution in [3.05, 3.63) is 0 Å². The highest BCUT2D eigenvalue weighted by Gasteiger charge is 2.23. The van der Waals surface area contributed by atoms with Crippen molar-refractivity contribution >= 4 is 23.9 Å². The number of nitrogens with one attached hydrogen (secondary N) is 2. The molecule has 0 heterocycles. The first-order chi connectivity index (χ1) is 14.2. The number of ether oxygens (including phenoxy) is 3. The van der Waals surface area contributed by atoms with E-state index < -0.39 is 29.3 Å². The summed E-state index contributed by atoms with van der Waals surface area (Å²) in [6.45, 7) is 11.2. The second-order valence-corrected chi connectivity index (χ2v) is 9.08. The van der Waals surface area contributed by atoms with E-state index in [2.05, 4.69) is 10.6 Å². The first kappa shape index (κ1) is 28.6. The number of carbonyl (C=O) groups is 4. The average molecular weight is 447 g/mol. The van der Waals surface area contributed by atoms with Gasteiger partial charge in [0, 0.05) is 13.0 Å². The summed E-state index contributed by atoms with van der Waals surface area (Å²) in [7, 11) is 0. The van der Waals surface area contributed by atoms with Crippen LogP contribution in [0.25, 0.3) is 0 Å². The van der Waals surface area contributed by atoms with Crippen LogP contribution < -0.4 is 10.6 Å². The summed E-state index contributed by atoms with van der Waals surface area (Å²) in [5.74, 6) is -1.69. The van der Waals surface area contributed by atoms with Crippen LogP contribution in [0, 0.1) is 0 Å². The van der Waals surface area contributed by atoms with Crippen LogP contribution in [-0.2, 0) is 28.6 Å². The van der Waals surface area contributed by atoms with Crippen LogP contribution in [-0.4, -0.2) is 66.0 Å². The van der Waals surface area contributed by atoms with Crippen molar-refractivity contribution in [3.8, 4) is 0 Å². The van der Waals surface area contributed by atoms with E-state index in [4.69, 9.17) is 14.2 Å². The maximum Gasteiger partial charge on any atom is 0.408 e. The second kappa shape index (κ2) is 13.8. The Morgan fingerprint density at radius 2 is 1.45 bits per heavy atom. The molecule has 0 radical (unpaired) electrons. The third-order valence-corrected chi connectivity index (χ3v) is 3.57. The highest BCUT2D eigenvalue weighted by molar-refractivity contribution is 5.80. The van der Waals surface area contributed by atoms with Gasteiger partial charge in [-0.15, -0.1) is 0 Å². The number of unbranched alkanes of at least 4 members (excludes halogenated alkanes) is 1. The van der Waals surface area contributed by atoms with Gasteiger partial charge in [0.25, 0.3) is 0 Å². The SMILES string of the molecule is CC(C)(C)OC(=O)CCOCCC(=O)NCCCC[C@H](NC(=O)OC(C)(C)C)C(=O)O.